The average Bonchev–Trinajstić information content (AvgIpc) is 3.38. The van der Waals surface area contributed by atoms with Crippen molar-refractivity contribution in [3.63, 3.8) is 0 Å². The van der Waals surface area contributed by atoms with Crippen LogP contribution in [0.25, 0.3) is 11.3 Å². The molecule has 9 heteroatoms. The van der Waals surface area contributed by atoms with E-state index in [0.717, 1.165) is 22.7 Å². The van der Waals surface area contributed by atoms with Gasteiger partial charge in [-0.05, 0) is 36.8 Å². The summed E-state index contributed by atoms with van der Waals surface area (Å²) in [4.78, 5) is 4.47. The number of nitrogens with zero attached hydrogens (tertiary/aromatic N) is 5. The van der Waals surface area contributed by atoms with Gasteiger partial charge in [0, 0.05) is 17.3 Å². The number of fused-ring (bicyclic) bond motifs is 1. The molecule has 1 aliphatic heterocycles. The van der Waals surface area contributed by atoms with Gasteiger partial charge in [0.05, 0.1) is 16.2 Å². The SMILES string of the molecule is CC1=C(c2ncnn2-c2ccccc2F)[C@@H](c2ccc(Cl)c(Cl)c2)n2nccc2N1. The summed E-state index contributed by atoms with van der Waals surface area (Å²) >= 11 is 12.5. The van der Waals surface area contributed by atoms with E-state index in [1.165, 1.54) is 17.1 Å². The maximum atomic E-state index is 14.5. The van der Waals surface area contributed by atoms with Gasteiger partial charge in [-0.1, -0.05) is 41.4 Å². The number of aromatic nitrogens is 5. The van der Waals surface area contributed by atoms with Crippen molar-refractivity contribution in [1.29, 1.82) is 0 Å². The summed E-state index contributed by atoms with van der Waals surface area (Å²) in [6.45, 7) is 1.94. The van der Waals surface area contributed by atoms with E-state index in [2.05, 4.69) is 20.5 Å². The Morgan fingerprint density at radius 3 is 2.67 bits per heavy atom. The maximum Gasteiger partial charge on any atom is 0.163 e. The highest BCUT2D eigenvalue weighted by Gasteiger charge is 2.33. The highest BCUT2D eigenvalue weighted by atomic mass is 35.5. The van der Waals surface area contributed by atoms with Crippen molar-refractivity contribution in [2.24, 2.45) is 0 Å². The largest absolute Gasteiger partial charge is 0.344 e. The topological polar surface area (TPSA) is 60.6 Å². The lowest BCUT2D eigenvalue weighted by molar-refractivity contribution is 0.599. The van der Waals surface area contributed by atoms with Gasteiger partial charge in [-0.25, -0.2) is 18.7 Å². The molecule has 0 radical (unpaired) electrons. The molecule has 6 nitrogen and oxygen atoms in total. The molecule has 3 heterocycles. The van der Waals surface area contributed by atoms with E-state index in [4.69, 9.17) is 23.2 Å². The monoisotopic (exact) mass is 440 g/mol. The Balaban J connectivity index is 1.74. The fraction of sp³-hybridized carbons (Fsp3) is 0.0952. The van der Waals surface area contributed by atoms with Crippen molar-refractivity contribution in [3.8, 4) is 5.69 Å². The third-order valence-electron chi connectivity index (χ3n) is 5.04. The van der Waals surface area contributed by atoms with Crippen molar-refractivity contribution in [2.75, 3.05) is 5.32 Å². The van der Waals surface area contributed by atoms with Gasteiger partial charge >= 0.3 is 0 Å². The van der Waals surface area contributed by atoms with E-state index < -0.39 is 5.82 Å². The number of hydrogen-bond donors (Lipinski definition) is 1. The molecule has 1 atom stereocenters. The van der Waals surface area contributed by atoms with Crippen molar-refractivity contribution >= 4 is 34.6 Å². The molecule has 5 rings (SSSR count). The molecule has 0 amide bonds. The molecule has 0 saturated carbocycles. The van der Waals surface area contributed by atoms with E-state index in [1.54, 1.807) is 30.5 Å². The summed E-state index contributed by atoms with van der Waals surface area (Å²) in [6, 6.07) is 13.4. The molecular formula is C21H15Cl2FN6. The van der Waals surface area contributed by atoms with Crippen LogP contribution in [-0.2, 0) is 0 Å². The highest BCUT2D eigenvalue weighted by Crippen LogP contribution is 2.42. The molecule has 0 saturated heterocycles. The fourth-order valence-electron chi connectivity index (χ4n) is 3.71. The normalized spacial score (nSPS) is 15.8. The van der Waals surface area contributed by atoms with E-state index in [-0.39, 0.29) is 6.04 Å². The van der Waals surface area contributed by atoms with Crippen LogP contribution in [0, 0.1) is 5.82 Å². The van der Waals surface area contributed by atoms with Crippen molar-refractivity contribution in [1.82, 2.24) is 24.5 Å². The van der Waals surface area contributed by atoms with Crippen LogP contribution in [0.3, 0.4) is 0 Å². The second kappa shape index (κ2) is 7.27. The van der Waals surface area contributed by atoms with Crippen LogP contribution < -0.4 is 5.32 Å². The highest BCUT2D eigenvalue weighted by molar-refractivity contribution is 6.42. The van der Waals surface area contributed by atoms with Crippen molar-refractivity contribution < 1.29 is 4.39 Å². The number of anilines is 1. The number of halogens is 3. The van der Waals surface area contributed by atoms with Crippen LogP contribution in [-0.4, -0.2) is 24.5 Å². The molecule has 150 valence electrons. The van der Waals surface area contributed by atoms with Gasteiger partial charge in [0.25, 0.3) is 0 Å². The first-order valence-corrected chi connectivity index (χ1v) is 9.91. The summed E-state index contributed by atoms with van der Waals surface area (Å²) in [6.07, 6.45) is 3.12. The number of benzene rings is 2. The van der Waals surface area contributed by atoms with Gasteiger partial charge in [-0.15, -0.1) is 0 Å². The molecule has 0 bridgehead atoms. The zero-order valence-corrected chi connectivity index (χ0v) is 17.2. The van der Waals surface area contributed by atoms with E-state index in [9.17, 15) is 4.39 Å². The Morgan fingerprint density at radius 1 is 1.03 bits per heavy atom. The minimum atomic E-state index is -0.392. The Labute approximate surface area is 181 Å². The van der Waals surface area contributed by atoms with E-state index >= 15 is 0 Å². The van der Waals surface area contributed by atoms with Crippen LogP contribution in [0.15, 0.2) is 66.8 Å². The van der Waals surface area contributed by atoms with Crippen molar-refractivity contribution in [2.45, 2.75) is 13.0 Å². The maximum absolute atomic E-state index is 14.5. The summed E-state index contributed by atoms with van der Waals surface area (Å²) < 4.78 is 17.9. The van der Waals surface area contributed by atoms with E-state index in [0.29, 0.717) is 21.6 Å². The van der Waals surface area contributed by atoms with Crippen LogP contribution in [0.2, 0.25) is 10.0 Å². The lowest BCUT2D eigenvalue weighted by Crippen LogP contribution is -2.25. The predicted octanol–water partition coefficient (Wildman–Crippen LogP) is 5.36. The lowest BCUT2D eigenvalue weighted by Gasteiger charge is -2.30. The van der Waals surface area contributed by atoms with E-state index in [1.807, 2.05) is 29.8 Å². The molecule has 2 aromatic heterocycles. The van der Waals surface area contributed by atoms with Crippen LogP contribution in [0.4, 0.5) is 10.2 Å². The number of allylic oxidation sites excluding steroid dienone is 2. The first-order valence-electron chi connectivity index (χ1n) is 9.16. The first-order chi connectivity index (χ1) is 14.5. The second-order valence-electron chi connectivity index (χ2n) is 6.85. The summed E-state index contributed by atoms with van der Waals surface area (Å²) in [7, 11) is 0. The first kappa shape index (κ1) is 18.8. The molecular weight excluding hydrogens is 426 g/mol. The number of rotatable bonds is 3. The Kier molecular flexibility index (Phi) is 4.56. The standard InChI is InChI=1S/C21H15Cl2FN6/c1-12-19(21-25-11-27-29(21)17-5-3-2-4-16(17)24)20(30-18(28-12)8-9-26-30)13-6-7-14(22)15(23)10-13/h2-11,20,28H,1H3/t20-/m1/s1. The molecule has 2 aromatic carbocycles. The summed E-state index contributed by atoms with van der Waals surface area (Å²) in [5, 5.41) is 13.0. The number of para-hydroxylation sites is 1. The lowest BCUT2D eigenvalue weighted by atomic mass is 9.94. The third kappa shape index (κ3) is 2.98. The van der Waals surface area contributed by atoms with Gasteiger partial charge in [0.2, 0.25) is 0 Å². The van der Waals surface area contributed by atoms with Crippen LogP contribution in [0.5, 0.6) is 0 Å². The molecule has 0 fully saturated rings. The molecule has 4 aromatic rings. The van der Waals surface area contributed by atoms with Gasteiger partial charge < -0.3 is 5.32 Å². The molecule has 0 aliphatic carbocycles. The Bertz CT molecular complexity index is 1290. The molecule has 1 N–H and O–H groups in total. The molecule has 0 spiro atoms. The van der Waals surface area contributed by atoms with Crippen molar-refractivity contribution in [3.05, 3.63) is 94.0 Å². The smallest absolute Gasteiger partial charge is 0.163 e. The van der Waals surface area contributed by atoms with Gasteiger partial charge in [-0.3, -0.25) is 0 Å². The minimum Gasteiger partial charge on any atom is -0.344 e. The number of nitrogens with one attached hydrogen (secondary N) is 1. The summed E-state index contributed by atoms with van der Waals surface area (Å²) in [5.41, 5.74) is 2.83. The Hall–Kier alpha value is -3.16. The minimum absolute atomic E-state index is 0.310. The molecule has 0 unspecified atom stereocenters. The Morgan fingerprint density at radius 2 is 1.87 bits per heavy atom. The number of hydrogen-bond acceptors (Lipinski definition) is 4. The molecule has 30 heavy (non-hydrogen) atoms. The average molecular weight is 441 g/mol. The second-order valence-corrected chi connectivity index (χ2v) is 7.66. The molecule has 1 aliphatic rings. The quantitative estimate of drug-likeness (QED) is 0.465. The van der Waals surface area contributed by atoms with Crippen LogP contribution >= 0.6 is 23.2 Å². The third-order valence-corrected chi connectivity index (χ3v) is 5.78. The van der Waals surface area contributed by atoms with Gasteiger partial charge in [-0.2, -0.15) is 10.2 Å². The fourth-order valence-corrected chi connectivity index (χ4v) is 4.02. The zero-order chi connectivity index (χ0) is 20.8. The summed E-state index contributed by atoms with van der Waals surface area (Å²) in [5.74, 6) is 0.934. The predicted molar refractivity (Wildman–Crippen MR) is 114 cm³/mol. The van der Waals surface area contributed by atoms with Gasteiger partial charge in [0.15, 0.2) is 5.82 Å². The van der Waals surface area contributed by atoms with Gasteiger partial charge in [0.1, 0.15) is 29.7 Å². The zero-order valence-electron chi connectivity index (χ0n) is 15.7. The van der Waals surface area contributed by atoms with Crippen LogP contribution in [0.1, 0.15) is 24.4 Å².